The Morgan fingerprint density at radius 2 is 0.590 bits per heavy atom. The number of unbranched alkanes of at least 4 members (excludes halogenated alkanes) is 3. The summed E-state index contributed by atoms with van der Waals surface area (Å²) < 4.78 is 283. The van der Waals surface area contributed by atoms with Gasteiger partial charge in [0.1, 0.15) is 11.7 Å². The van der Waals surface area contributed by atoms with Crippen molar-refractivity contribution in [3.63, 3.8) is 0 Å². The number of carbonyl (C=O) groups excluding carboxylic acids is 8. The molecule has 1 aromatic rings. The van der Waals surface area contributed by atoms with E-state index in [0.29, 0.717) is 50.5 Å². The molecule has 4 bridgehead atoms. The highest BCUT2D eigenvalue weighted by atomic mass is 19.4. The molecule has 36 heteroatoms. The van der Waals surface area contributed by atoms with E-state index < -0.39 is 159 Å². The van der Waals surface area contributed by atoms with E-state index in [1.165, 1.54) is 58.8 Å². The molecule has 0 saturated heterocycles. The average Bonchev–Trinajstić information content (AvgIpc) is 0.747. The van der Waals surface area contributed by atoms with Crippen LogP contribution in [0.15, 0.2) is 0 Å². The zero-order chi connectivity index (χ0) is 107. The van der Waals surface area contributed by atoms with Crippen molar-refractivity contribution in [1.82, 2.24) is 0 Å². The van der Waals surface area contributed by atoms with Crippen molar-refractivity contribution < 1.29 is 164 Å². The van der Waals surface area contributed by atoms with Crippen LogP contribution < -0.4 is 0 Å². The predicted octanol–water partition coefficient (Wildman–Crippen LogP) is 30.1. The van der Waals surface area contributed by atoms with Crippen LogP contribution in [0.1, 0.15) is 395 Å². The molecule has 5 fully saturated rings. The van der Waals surface area contributed by atoms with Gasteiger partial charge in [0, 0.05) is 5.56 Å². The van der Waals surface area contributed by atoms with Crippen LogP contribution in [0.2, 0.25) is 0 Å². The molecule has 5 saturated carbocycles. The summed E-state index contributed by atoms with van der Waals surface area (Å²) in [6, 6.07) is 0. The number of halogens is 20. The lowest BCUT2D eigenvalue weighted by Crippen LogP contribution is -2.53. The molecule has 0 spiro atoms. The summed E-state index contributed by atoms with van der Waals surface area (Å²) in [4.78, 5) is 91.7. The minimum absolute atomic E-state index is 0.0239. The molecule has 16 nitrogen and oxygen atoms in total. The number of carbonyl (C=O) groups is 8. The van der Waals surface area contributed by atoms with E-state index in [0.717, 1.165) is 122 Å². The van der Waals surface area contributed by atoms with Gasteiger partial charge in [-0.2, -0.15) is 65.9 Å². The molecule has 0 radical (unpaired) electrons. The van der Waals surface area contributed by atoms with Gasteiger partial charge < -0.3 is 37.9 Å². The lowest BCUT2D eigenvalue weighted by Gasteiger charge is -2.56. The number of rotatable bonds is 30. The van der Waals surface area contributed by atoms with Gasteiger partial charge in [0.2, 0.25) is 5.82 Å². The van der Waals surface area contributed by atoms with E-state index in [9.17, 15) is 126 Å². The Morgan fingerprint density at radius 3 is 0.843 bits per heavy atom. The molecule has 7 atom stereocenters. The number of esters is 8. The topological polar surface area (TPSA) is 210 Å². The van der Waals surface area contributed by atoms with Gasteiger partial charge in [-0.25, -0.2) is 22.0 Å². The first kappa shape index (κ1) is 134. The zero-order valence-corrected chi connectivity index (χ0v) is 86.0. The van der Waals surface area contributed by atoms with Crippen LogP contribution in [0.5, 0.6) is 0 Å². The van der Waals surface area contributed by atoms with Crippen molar-refractivity contribution in [2.75, 3.05) is 6.61 Å². The van der Waals surface area contributed by atoms with Gasteiger partial charge in [-0.3, -0.25) is 38.4 Å². The number of benzene rings is 1. The van der Waals surface area contributed by atoms with Gasteiger partial charge in [-0.05, 0) is 295 Å². The smallest absolute Gasteiger partial charge is 0.425 e. The summed E-state index contributed by atoms with van der Waals surface area (Å²) in [6.45, 7) is 57.3. The minimum atomic E-state index is -4.49. The van der Waals surface area contributed by atoms with Gasteiger partial charge in [0.15, 0.2) is 53.8 Å². The Bertz CT molecular complexity index is 3430. The normalized spacial score (nSPS) is 19.7. The van der Waals surface area contributed by atoms with E-state index in [-0.39, 0.29) is 45.9 Å². The Labute approximate surface area is 785 Å². The Morgan fingerprint density at radius 1 is 0.328 bits per heavy atom. The van der Waals surface area contributed by atoms with Crippen molar-refractivity contribution in [3.8, 4) is 0 Å². The number of hydrogen-bond donors (Lipinski definition) is 0. The molecule has 134 heavy (non-hydrogen) atoms. The van der Waals surface area contributed by atoms with Crippen LogP contribution in [-0.2, 0) is 76.3 Å². The Hall–Kier alpha value is -6.42. The second kappa shape index (κ2) is 56.7. The Balaban J connectivity index is -0.000000711. The second-order valence-corrected chi connectivity index (χ2v) is 41.2. The summed E-state index contributed by atoms with van der Waals surface area (Å²) in [5, 5.41) is 0. The fourth-order valence-electron chi connectivity index (χ4n) is 12.1. The van der Waals surface area contributed by atoms with Crippen LogP contribution >= 0.6 is 0 Å². The minimum Gasteiger partial charge on any atom is -0.465 e. The summed E-state index contributed by atoms with van der Waals surface area (Å²) in [6.07, 6.45) is -10.7. The molecule has 7 unspecified atom stereocenters. The van der Waals surface area contributed by atoms with Crippen molar-refractivity contribution in [3.05, 3.63) is 34.6 Å². The Kier molecular flexibility index (Phi) is 56.7. The predicted molar refractivity (Wildman–Crippen MR) is 474 cm³/mol. The quantitative estimate of drug-likeness (QED) is 0.0175. The summed E-state index contributed by atoms with van der Waals surface area (Å²) in [7, 11) is 0. The lowest BCUT2D eigenvalue weighted by atomic mass is 9.54. The van der Waals surface area contributed by atoms with E-state index in [4.69, 9.17) is 14.2 Å². The van der Waals surface area contributed by atoms with Crippen LogP contribution in [0.4, 0.5) is 87.8 Å². The molecule has 790 valence electrons. The molecule has 0 N–H and O–H groups in total. The average molecular weight is 1980 g/mol. The third-order valence-corrected chi connectivity index (χ3v) is 25.8. The standard InChI is InChI=1S/C16H26O2.C16H30O2.C12H24O2.C10H9F5.4C9H15F3O2.C8H13F3O2/c1-4-15(2,3)14(17)18-16-8-11-5-12(9-16)7-13(6-11)10-16;1-7-16(5,6)14(17)18-13-10-8-12(9-11-13)15(2,3)4;1-5-7-8-9-10-14-11(13)12(3,4)6-2;1-3-4(2)5-6(11)8(13)10(15)9(14)7(5)12;4*1-5-8(3,4)7(13)14-6(2)9(10,11)12;1-4-5(2)7(12)13-6(3)8(9,10)11/h11-13H,4-10H2,1-3H3;12-13H,7-11H2,1-6H3;5-10H2,1-4H3;4H,3H2,1-2H3;4*6H,5H2,1-4H3;5-6H,4H2,1-3H3. The molecule has 5 aliphatic carbocycles. The summed E-state index contributed by atoms with van der Waals surface area (Å²) >= 11 is 0. The highest BCUT2D eigenvalue weighted by molar-refractivity contribution is 5.79. The van der Waals surface area contributed by atoms with Crippen LogP contribution in [-0.4, -0.2) is 127 Å². The molecule has 1 aromatic carbocycles. The SMILES string of the molecule is CCC(C)(C)C(=O)OC(C)C(F)(F)F.CCC(C)(C)C(=O)OC(C)C(F)(F)F.CCC(C)(C)C(=O)OC(C)C(F)(F)F.CCC(C)(C)C(=O)OC(C)C(F)(F)F.CCC(C)(C)C(=O)OC12CC3CC(CC(C3)C1)C2.CCC(C)(C)C(=O)OC1CCC(C(C)(C)C)CC1.CCC(C)C(=O)OC(C)C(F)(F)F.CCC(C)c1c(F)c(F)c(F)c(F)c1F.CCCCCCOC(=O)C(C)(C)CC. The molecule has 6 rings (SSSR count). The second-order valence-electron chi connectivity index (χ2n) is 41.2. The number of hydrogen-bond acceptors (Lipinski definition) is 16. The van der Waals surface area contributed by atoms with Crippen LogP contribution in [0.3, 0.4) is 0 Å². The van der Waals surface area contributed by atoms with E-state index >= 15 is 0 Å². The van der Waals surface area contributed by atoms with Gasteiger partial charge >= 0.3 is 78.6 Å². The van der Waals surface area contributed by atoms with E-state index in [1.54, 1.807) is 96.9 Å². The maximum absolute atomic E-state index is 13.1. The van der Waals surface area contributed by atoms with Gasteiger partial charge in [-0.15, -0.1) is 0 Å². The van der Waals surface area contributed by atoms with Crippen molar-refractivity contribution in [2.45, 2.75) is 462 Å². The lowest BCUT2D eigenvalue weighted by molar-refractivity contribution is -0.221. The van der Waals surface area contributed by atoms with Crippen molar-refractivity contribution in [2.24, 2.45) is 72.9 Å². The van der Waals surface area contributed by atoms with Crippen LogP contribution in [0, 0.1) is 102 Å². The monoisotopic (exact) mass is 1980 g/mol. The molecule has 0 aliphatic heterocycles. The molecule has 0 amide bonds. The molecular formula is C98H162F20O16. The third kappa shape index (κ3) is 48.0. The first-order chi connectivity index (χ1) is 60.3. The number of alkyl halides is 15. The van der Waals surface area contributed by atoms with E-state index in [1.807, 2.05) is 55.4 Å². The van der Waals surface area contributed by atoms with Gasteiger partial charge in [0.25, 0.3) is 0 Å². The van der Waals surface area contributed by atoms with Crippen molar-refractivity contribution in [1.29, 1.82) is 0 Å². The largest absolute Gasteiger partial charge is 0.465 e. The highest BCUT2D eigenvalue weighted by Gasteiger charge is 2.55. The molecule has 0 heterocycles. The van der Waals surface area contributed by atoms with Gasteiger partial charge in [-0.1, -0.05) is 123 Å². The first-order valence-corrected chi connectivity index (χ1v) is 46.8. The summed E-state index contributed by atoms with van der Waals surface area (Å²) in [5.74, 6) is -11.4. The molecule has 5 aliphatic rings. The fraction of sp³-hybridized carbons (Fsp3) is 0.857. The van der Waals surface area contributed by atoms with Gasteiger partial charge in [0.05, 0.1) is 50.4 Å². The molecular weight excluding hydrogens is 1810 g/mol. The van der Waals surface area contributed by atoms with Crippen LogP contribution in [0.25, 0.3) is 0 Å². The summed E-state index contributed by atoms with van der Waals surface area (Å²) in [5.41, 5.74) is -4.84. The third-order valence-electron chi connectivity index (χ3n) is 25.8. The maximum atomic E-state index is 13.1. The number of ether oxygens (including phenoxy) is 8. The van der Waals surface area contributed by atoms with E-state index in [2.05, 4.69) is 58.3 Å². The maximum Gasteiger partial charge on any atom is 0.425 e. The first-order valence-electron chi connectivity index (χ1n) is 46.8. The molecule has 0 aromatic heterocycles. The fourth-order valence-corrected chi connectivity index (χ4v) is 12.1. The highest BCUT2D eigenvalue weighted by Crippen LogP contribution is 2.58. The zero-order valence-electron chi connectivity index (χ0n) is 86.0. The van der Waals surface area contributed by atoms with Crippen molar-refractivity contribution >= 4 is 47.8 Å².